The molecule has 1 atom stereocenters. The fourth-order valence-electron chi connectivity index (χ4n) is 6.89. The summed E-state index contributed by atoms with van der Waals surface area (Å²) in [7, 11) is 0. The number of para-hydroxylation sites is 1. The van der Waals surface area contributed by atoms with Crippen molar-refractivity contribution in [3.8, 4) is 5.75 Å². The number of hydrazone groups is 1. The Kier molecular flexibility index (Phi) is 28.8. The summed E-state index contributed by atoms with van der Waals surface area (Å²) in [6.45, 7) is 57.9. The van der Waals surface area contributed by atoms with Crippen LogP contribution in [0, 0.1) is 10.8 Å². The topological polar surface area (TPSA) is 258 Å². The van der Waals surface area contributed by atoms with E-state index in [-0.39, 0.29) is 49.2 Å². The zero-order valence-electron chi connectivity index (χ0n) is 56.7. The summed E-state index contributed by atoms with van der Waals surface area (Å²) in [5, 5.41) is 43.2. The van der Waals surface area contributed by atoms with Gasteiger partial charge in [0.15, 0.2) is 5.82 Å². The smallest absolute Gasteiger partial charge is 0.247 e. The first-order valence-corrected chi connectivity index (χ1v) is 29.2. The van der Waals surface area contributed by atoms with E-state index in [1.54, 1.807) is 24.7 Å². The van der Waals surface area contributed by atoms with Gasteiger partial charge in [-0.15, -0.1) is 10.2 Å². The number of rotatable bonds is 0. The SMILES string of the molecule is CC(C)(C)C1=NCC(=O)N1.CC(C)(C)C1CC=NN1.CC(C)(C)c1ccc[nH]1.CC(C)(C)c1ccc[nH]1.CC(C)(C)c1ccccc1O.CC(C)(C)c1ccn[nH]1.CC(C)(C)c1ccn[nH]1.CC(C)(C)c1ncc[nH]1.CC(C)(C)c1nn[nH]n1. The third-order valence-electron chi connectivity index (χ3n) is 12.4. The van der Waals surface area contributed by atoms with Gasteiger partial charge in [0.1, 0.15) is 24.0 Å². The van der Waals surface area contributed by atoms with Crippen molar-refractivity contribution in [2.24, 2.45) is 20.9 Å². The van der Waals surface area contributed by atoms with Crippen LogP contribution in [0.5, 0.6) is 5.75 Å². The molecule has 2 aliphatic heterocycles. The predicted molar refractivity (Wildman–Crippen MR) is 350 cm³/mol. The molecule has 18 heteroatoms. The lowest BCUT2D eigenvalue weighted by Crippen LogP contribution is -2.34. The number of nitrogens with zero attached hydrogens (tertiary/aromatic N) is 8. The second-order valence-corrected chi connectivity index (χ2v) is 30.1. The summed E-state index contributed by atoms with van der Waals surface area (Å²) in [6.07, 6.45) is 14.1. The first kappa shape index (κ1) is 74.9. The number of amides is 1. The molecule has 0 aliphatic carbocycles. The number of carbonyl (C=O) groups excluding carboxylic acids is 1. The number of tetrazole rings is 1. The van der Waals surface area contributed by atoms with Crippen LogP contribution < -0.4 is 10.7 Å². The molecule has 0 saturated heterocycles. The molecule has 18 nitrogen and oxygen atoms in total. The van der Waals surface area contributed by atoms with E-state index in [2.05, 4.69) is 239 Å². The van der Waals surface area contributed by atoms with Gasteiger partial charge in [0.2, 0.25) is 5.91 Å². The Balaban J connectivity index is 0.000000473. The van der Waals surface area contributed by atoms with Crippen molar-refractivity contribution in [2.45, 2.75) is 237 Å². The fraction of sp³-hybridized carbons (Fsp3) is 0.591. The van der Waals surface area contributed by atoms with Crippen LogP contribution in [0.4, 0.5) is 0 Å². The number of phenolic OH excluding ortho intramolecular Hbond substituents is 1. The lowest BCUT2D eigenvalue weighted by Gasteiger charge is -2.25. The molecule has 0 fully saturated rings. The number of aromatic nitrogens is 12. The number of nitrogens with one attached hydrogen (secondary N) is 8. The first-order valence-electron chi connectivity index (χ1n) is 29.2. The Labute approximate surface area is 505 Å². The van der Waals surface area contributed by atoms with E-state index in [0.717, 1.165) is 29.5 Å². The minimum absolute atomic E-state index is 0.00456. The van der Waals surface area contributed by atoms with Crippen LogP contribution in [0.1, 0.15) is 233 Å². The number of amidine groups is 1. The molecule has 1 aromatic carbocycles. The monoisotopic (exact) mass is 1160 g/mol. The molecular weight excluding hydrogens is 1050 g/mol. The minimum atomic E-state index is -0.0217. The van der Waals surface area contributed by atoms with E-state index < -0.39 is 0 Å². The van der Waals surface area contributed by atoms with Crippen molar-refractivity contribution in [3.63, 3.8) is 0 Å². The average Bonchev–Trinajstić information content (AvgIpc) is 4.31. The molecule has 468 valence electrons. The van der Waals surface area contributed by atoms with E-state index >= 15 is 0 Å². The molecule has 9 rings (SSSR count). The molecule has 1 unspecified atom stereocenters. The minimum Gasteiger partial charge on any atom is -0.508 e. The van der Waals surface area contributed by atoms with Gasteiger partial charge in [0.25, 0.3) is 0 Å². The van der Waals surface area contributed by atoms with E-state index in [9.17, 15) is 9.90 Å². The highest BCUT2D eigenvalue weighted by atomic mass is 16.3. The molecular formula is C66H112N16O2. The van der Waals surface area contributed by atoms with Gasteiger partial charge in [0, 0.05) is 110 Å². The van der Waals surface area contributed by atoms with E-state index in [4.69, 9.17) is 0 Å². The number of imidazole rings is 1. The van der Waals surface area contributed by atoms with Gasteiger partial charge in [-0.25, -0.2) is 4.98 Å². The highest BCUT2D eigenvalue weighted by Gasteiger charge is 2.26. The average molecular weight is 1160 g/mol. The van der Waals surface area contributed by atoms with Crippen molar-refractivity contribution in [3.05, 3.63) is 138 Å². The lowest BCUT2D eigenvalue weighted by molar-refractivity contribution is -0.117. The van der Waals surface area contributed by atoms with Crippen molar-refractivity contribution in [2.75, 3.05) is 6.54 Å². The summed E-state index contributed by atoms with van der Waals surface area (Å²) in [5.74, 6) is 2.99. The van der Waals surface area contributed by atoms with Gasteiger partial charge < -0.3 is 30.8 Å². The number of H-pyrrole nitrogens is 6. The zero-order chi connectivity index (χ0) is 64.6. The number of aromatic hydroxyl groups is 1. The summed E-state index contributed by atoms with van der Waals surface area (Å²) < 4.78 is 0. The van der Waals surface area contributed by atoms with Crippen LogP contribution in [0.2, 0.25) is 0 Å². The van der Waals surface area contributed by atoms with Crippen LogP contribution in [0.25, 0.3) is 0 Å². The van der Waals surface area contributed by atoms with Gasteiger partial charge in [-0.3, -0.25) is 20.0 Å². The summed E-state index contributed by atoms with van der Waals surface area (Å²) in [6, 6.07) is 20.3. The first-order chi connectivity index (χ1) is 38.3. The molecule has 8 heterocycles. The van der Waals surface area contributed by atoms with Gasteiger partial charge in [0.05, 0.1) is 6.04 Å². The molecule has 84 heavy (non-hydrogen) atoms. The second-order valence-electron chi connectivity index (χ2n) is 30.1. The maximum Gasteiger partial charge on any atom is 0.247 e. The van der Waals surface area contributed by atoms with Crippen LogP contribution >= 0.6 is 0 Å². The summed E-state index contributed by atoms with van der Waals surface area (Å²) in [5.41, 5.74) is 10.5. The van der Waals surface area contributed by atoms with Gasteiger partial charge in [-0.2, -0.15) is 20.5 Å². The number of carbonyl (C=O) groups is 1. The van der Waals surface area contributed by atoms with Crippen LogP contribution in [-0.2, 0) is 42.7 Å². The van der Waals surface area contributed by atoms with Crippen molar-refractivity contribution in [1.29, 1.82) is 0 Å². The molecule has 0 radical (unpaired) electrons. The number of aliphatic imine (C=N–C) groups is 1. The second kappa shape index (κ2) is 32.2. The Morgan fingerprint density at radius 3 is 1.18 bits per heavy atom. The van der Waals surface area contributed by atoms with E-state index in [1.165, 1.54) is 22.8 Å². The third-order valence-corrected chi connectivity index (χ3v) is 12.4. The highest BCUT2D eigenvalue weighted by molar-refractivity contribution is 6.06. The van der Waals surface area contributed by atoms with E-state index in [0.29, 0.717) is 23.8 Å². The molecule has 0 bridgehead atoms. The Bertz CT molecular complexity index is 2480. The molecule has 9 N–H and O–H groups in total. The van der Waals surface area contributed by atoms with Crippen molar-refractivity contribution in [1.82, 2.24) is 71.7 Å². The number of phenols is 1. The maximum atomic E-state index is 10.7. The molecule has 0 spiro atoms. The summed E-state index contributed by atoms with van der Waals surface area (Å²) >= 11 is 0. The normalized spacial score (nSPS) is 14.2. The highest BCUT2D eigenvalue weighted by Crippen LogP contribution is 2.30. The standard InChI is InChI=1S/C10H14O.2C8H13N.C7H12N2O.C7H12N2.C7H14N2.2C7H12N2.C5H10N4/c1-10(2,3)8-6-4-5-7-9(8)11;2*1-8(2,3)7-5-4-6-9-7;1-7(2,3)6-8-4-5(10)9-6;1-7(2,3)6-8-4-5-9-6;3*1-7(2,3)6-4-5-8-9-6;1-5(2,3)4-6-8-9-7-4/h4-7,11H,1-3H3;2*4-6,9H,1-3H3;4H2,1-3H3,(H,8,9,10);4-5H,1-3H3,(H,8,9);5-6,9H,4H2,1-3H3;2*4-5H,1-3H3,(H,8,9);1-3H3,(H,6,7,8,9). The number of hydrogen-bond donors (Lipinski definition) is 9. The molecule has 7 aromatic rings. The molecule has 0 saturated carbocycles. The van der Waals surface area contributed by atoms with Gasteiger partial charge >= 0.3 is 0 Å². The van der Waals surface area contributed by atoms with Crippen molar-refractivity contribution < 1.29 is 9.90 Å². The Morgan fingerprint density at radius 2 is 0.988 bits per heavy atom. The Morgan fingerprint density at radius 1 is 0.500 bits per heavy atom. The third kappa shape index (κ3) is 30.4. The van der Waals surface area contributed by atoms with Crippen molar-refractivity contribution >= 4 is 18.0 Å². The van der Waals surface area contributed by atoms with Gasteiger partial charge in [-0.1, -0.05) is 210 Å². The van der Waals surface area contributed by atoms with Crippen LogP contribution in [0.3, 0.4) is 0 Å². The van der Waals surface area contributed by atoms with Crippen LogP contribution in [0.15, 0.2) is 108 Å². The maximum absolute atomic E-state index is 10.7. The zero-order valence-corrected chi connectivity index (χ0v) is 56.7. The number of hydrogen-bond acceptors (Lipinski definition) is 11. The van der Waals surface area contributed by atoms with Gasteiger partial charge in [-0.05, 0) is 58.9 Å². The quantitative estimate of drug-likeness (QED) is 0.0699. The molecule has 1 amide bonds. The largest absolute Gasteiger partial charge is 0.508 e. The fourth-order valence-corrected chi connectivity index (χ4v) is 6.89. The number of benzene rings is 1. The summed E-state index contributed by atoms with van der Waals surface area (Å²) in [4.78, 5) is 28.3. The Hall–Kier alpha value is -7.11. The lowest BCUT2D eigenvalue weighted by atomic mass is 9.86. The van der Waals surface area contributed by atoms with Crippen LogP contribution in [-0.4, -0.2) is 96.6 Å². The predicted octanol–water partition coefficient (Wildman–Crippen LogP) is 14.9. The molecule has 6 aromatic heterocycles. The molecule has 2 aliphatic rings. The van der Waals surface area contributed by atoms with E-state index in [1.807, 2.05) is 109 Å². The number of aromatic amines is 6.